The van der Waals surface area contributed by atoms with Gasteiger partial charge in [-0.3, -0.25) is 4.79 Å². The van der Waals surface area contributed by atoms with Crippen molar-refractivity contribution in [2.24, 2.45) is 11.7 Å². The Bertz CT molecular complexity index is 1070. The number of benzene rings is 2. The monoisotopic (exact) mass is 457 g/mol. The summed E-state index contributed by atoms with van der Waals surface area (Å²) >= 11 is 0. The van der Waals surface area contributed by atoms with Gasteiger partial charge in [-0.05, 0) is 42.5 Å². The number of nitrogens with zero attached hydrogens (tertiary/aromatic N) is 2. The fourth-order valence-electron chi connectivity index (χ4n) is 4.62. The third kappa shape index (κ3) is 4.46. The van der Waals surface area contributed by atoms with Gasteiger partial charge in [-0.15, -0.1) is 0 Å². The topological polar surface area (TPSA) is 124 Å². The van der Waals surface area contributed by atoms with Crippen LogP contribution < -0.4 is 5.73 Å². The molecule has 0 unspecified atom stereocenters. The predicted molar refractivity (Wildman–Crippen MR) is 122 cm³/mol. The van der Waals surface area contributed by atoms with Gasteiger partial charge in [0.05, 0.1) is 16.8 Å². The van der Waals surface area contributed by atoms with Gasteiger partial charge in [0.15, 0.2) is 0 Å². The molecule has 8 nitrogen and oxygen atoms in total. The van der Waals surface area contributed by atoms with E-state index in [2.05, 4.69) is 0 Å². The summed E-state index contributed by atoms with van der Waals surface area (Å²) in [5, 5.41) is 19.2. The van der Waals surface area contributed by atoms with E-state index in [9.17, 15) is 23.3 Å². The maximum atomic E-state index is 13.4. The van der Waals surface area contributed by atoms with Crippen molar-refractivity contribution in [2.45, 2.75) is 36.1 Å². The van der Waals surface area contributed by atoms with Gasteiger partial charge in [-0.1, -0.05) is 42.5 Å². The third-order valence-corrected chi connectivity index (χ3v) is 8.31. The van der Waals surface area contributed by atoms with Gasteiger partial charge in [0.2, 0.25) is 15.9 Å². The first kappa shape index (κ1) is 22.9. The zero-order chi connectivity index (χ0) is 22.9. The zero-order valence-electron chi connectivity index (χ0n) is 17.7. The Balaban J connectivity index is 1.57. The van der Waals surface area contributed by atoms with Crippen molar-refractivity contribution < 1.29 is 23.3 Å². The SMILES string of the molecule is N[C@@H]1CCN(S(=O)(=O)c2cccc(-c3ccccc3)c2)C[C@H]1C(=O)N1CCC[C@H]1B(O)O. The Morgan fingerprint density at radius 3 is 2.44 bits per heavy atom. The van der Waals surface area contributed by atoms with Crippen LogP contribution in [0.15, 0.2) is 59.5 Å². The van der Waals surface area contributed by atoms with Gasteiger partial charge in [-0.2, -0.15) is 4.31 Å². The van der Waals surface area contributed by atoms with Crippen LogP contribution in [0, 0.1) is 5.92 Å². The Labute approximate surface area is 188 Å². The molecule has 4 N–H and O–H groups in total. The molecule has 2 heterocycles. The molecule has 0 spiro atoms. The quantitative estimate of drug-likeness (QED) is 0.568. The van der Waals surface area contributed by atoms with Crippen LogP contribution in [-0.2, 0) is 14.8 Å². The highest BCUT2D eigenvalue weighted by atomic mass is 32.2. The van der Waals surface area contributed by atoms with E-state index >= 15 is 0 Å². The molecule has 3 atom stereocenters. The summed E-state index contributed by atoms with van der Waals surface area (Å²) in [7, 11) is -5.45. The fourth-order valence-corrected chi connectivity index (χ4v) is 6.15. The van der Waals surface area contributed by atoms with Gasteiger partial charge >= 0.3 is 7.12 Å². The smallest absolute Gasteiger partial charge is 0.426 e. The van der Waals surface area contributed by atoms with E-state index in [0.717, 1.165) is 11.1 Å². The van der Waals surface area contributed by atoms with Crippen molar-refractivity contribution in [3.63, 3.8) is 0 Å². The van der Waals surface area contributed by atoms with Crippen molar-refractivity contribution in [3.05, 3.63) is 54.6 Å². The molecule has 0 saturated carbocycles. The molecule has 2 aromatic carbocycles. The highest BCUT2D eigenvalue weighted by molar-refractivity contribution is 7.89. The largest absolute Gasteiger partial charge is 0.475 e. The maximum absolute atomic E-state index is 13.4. The molecule has 0 bridgehead atoms. The van der Waals surface area contributed by atoms with E-state index in [4.69, 9.17) is 5.73 Å². The highest BCUT2D eigenvalue weighted by Crippen LogP contribution is 2.29. The lowest BCUT2D eigenvalue weighted by atomic mass is 9.77. The van der Waals surface area contributed by atoms with E-state index in [0.29, 0.717) is 25.8 Å². The van der Waals surface area contributed by atoms with Crippen LogP contribution in [-0.4, -0.2) is 72.3 Å². The molecule has 10 heteroatoms. The molecule has 2 aliphatic rings. The van der Waals surface area contributed by atoms with Crippen LogP contribution in [0.5, 0.6) is 0 Å². The number of piperidine rings is 1. The molecule has 2 saturated heterocycles. The average molecular weight is 457 g/mol. The number of hydrogen-bond acceptors (Lipinski definition) is 6. The van der Waals surface area contributed by atoms with Crippen LogP contribution in [0.3, 0.4) is 0 Å². The van der Waals surface area contributed by atoms with Gasteiger partial charge in [0.25, 0.3) is 0 Å². The molecule has 170 valence electrons. The summed E-state index contributed by atoms with van der Waals surface area (Å²) in [4.78, 5) is 14.8. The zero-order valence-corrected chi connectivity index (χ0v) is 18.6. The Morgan fingerprint density at radius 1 is 1.00 bits per heavy atom. The molecule has 2 fully saturated rings. The minimum atomic E-state index is -3.83. The van der Waals surface area contributed by atoms with Crippen molar-refractivity contribution in [1.82, 2.24) is 9.21 Å². The number of nitrogens with two attached hydrogens (primary N) is 1. The average Bonchev–Trinajstić information content (AvgIpc) is 3.30. The summed E-state index contributed by atoms with van der Waals surface area (Å²) in [5.74, 6) is -1.72. The van der Waals surface area contributed by atoms with E-state index in [1.165, 1.54) is 9.21 Å². The lowest BCUT2D eigenvalue weighted by molar-refractivity contribution is -0.137. The first-order chi connectivity index (χ1) is 15.3. The minimum absolute atomic E-state index is 0.0252. The van der Waals surface area contributed by atoms with Crippen LogP contribution in [0.1, 0.15) is 19.3 Å². The lowest BCUT2D eigenvalue weighted by Gasteiger charge is -2.38. The molecule has 2 aromatic rings. The van der Waals surface area contributed by atoms with E-state index in [-0.39, 0.29) is 23.9 Å². The van der Waals surface area contributed by atoms with Crippen LogP contribution >= 0.6 is 0 Å². The van der Waals surface area contributed by atoms with Crippen molar-refractivity contribution >= 4 is 23.0 Å². The van der Waals surface area contributed by atoms with E-state index in [1.807, 2.05) is 36.4 Å². The maximum Gasteiger partial charge on any atom is 0.475 e. The Hall–Kier alpha value is -2.24. The second-order valence-corrected chi connectivity index (χ2v) is 10.4. The number of likely N-dealkylation sites (tertiary alicyclic amines) is 1. The molecule has 0 aromatic heterocycles. The van der Waals surface area contributed by atoms with Crippen molar-refractivity contribution in [2.75, 3.05) is 19.6 Å². The van der Waals surface area contributed by atoms with Gasteiger partial charge in [-0.25, -0.2) is 8.42 Å². The second kappa shape index (κ2) is 9.32. The van der Waals surface area contributed by atoms with Crippen LogP contribution in [0.4, 0.5) is 0 Å². The molecule has 4 rings (SSSR count). The van der Waals surface area contributed by atoms with Gasteiger partial charge < -0.3 is 20.7 Å². The molecular formula is C22H28BN3O5S. The number of carbonyl (C=O) groups excluding carboxylic acids is 1. The summed E-state index contributed by atoms with van der Waals surface area (Å²) < 4.78 is 28.2. The number of hydrogen-bond donors (Lipinski definition) is 3. The Morgan fingerprint density at radius 2 is 1.72 bits per heavy atom. The minimum Gasteiger partial charge on any atom is -0.426 e. The summed E-state index contributed by atoms with van der Waals surface area (Å²) in [6.07, 6.45) is 1.53. The fraction of sp³-hybridized carbons (Fsp3) is 0.409. The van der Waals surface area contributed by atoms with Gasteiger partial charge in [0.1, 0.15) is 0 Å². The number of rotatable bonds is 5. The number of carbonyl (C=O) groups is 1. The molecule has 0 radical (unpaired) electrons. The van der Waals surface area contributed by atoms with Crippen molar-refractivity contribution in [3.8, 4) is 11.1 Å². The first-order valence-electron chi connectivity index (χ1n) is 10.9. The highest BCUT2D eigenvalue weighted by Gasteiger charge is 2.44. The molecule has 0 aliphatic carbocycles. The number of sulfonamides is 1. The lowest BCUT2D eigenvalue weighted by Crippen LogP contribution is -2.57. The van der Waals surface area contributed by atoms with Crippen LogP contribution in [0.25, 0.3) is 11.1 Å². The molecule has 1 amide bonds. The molecule has 2 aliphatic heterocycles. The normalized spacial score (nSPS) is 24.5. The summed E-state index contributed by atoms with van der Waals surface area (Å²) in [6.45, 7) is 0.619. The predicted octanol–water partition coefficient (Wildman–Crippen LogP) is 0.694. The van der Waals surface area contributed by atoms with E-state index in [1.54, 1.807) is 18.2 Å². The second-order valence-electron chi connectivity index (χ2n) is 8.47. The summed E-state index contributed by atoms with van der Waals surface area (Å²) in [5.41, 5.74) is 7.93. The van der Waals surface area contributed by atoms with E-state index < -0.39 is 35.0 Å². The molecule has 32 heavy (non-hydrogen) atoms. The Kier molecular flexibility index (Phi) is 6.69. The van der Waals surface area contributed by atoms with Gasteiger partial charge in [0, 0.05) is 25.7 Å². The van der Waals surface area contributed by atoms with Crippen molar-refractivity contribution in [1.29, 1.82) is 0 Å². The standard InChI is InChI=1S/C22H28BN3O5S/c24-20-11-13-25(15-19(20)22(27)26-12-5-10-21(26)23(28)29)32(30,31)18-9-4-8-17(14-18)16-6-2-1-3-7-16/h1-4,6-9,14,19-21,28-29H,5,10-13,15,24H2/t19-,20-,21+/m1/s1. The molecular weight excluding hydrogens is 429 g/mol. The number of amides is 1. The first-order valence-corrected chi connectivity index (χ1v) is 12.3. The summed E-state index contributed by atoms with van der Waals surface area (Å²) in [6, 6.07) is 15.8. The third-order valence-electron chi connectivity index (χ3n) is 6.45. The van der Waals surface area contributed by atoms with Crippen LogP contribution in [0.2, 0.25) is 0 Å².